The topological polar surface area (TPSA) is 62.4 Å². The van der Waals surface area contributed by atoms with Crippen molar-refractivity contribution in [1.82, 2.24) is 0 Å². The van der Waals surface area contributed by atoms with Gasteiger partial charge in [0, 0.05) is 6.07 Å². The van der Waals surface area contributed by atoms with Crippen molar-refractivity contribution in [1.29, 1.82) is 5.26 Å². The van der Waals surface area contributed by atoms with Gasteiger partial charge in [0.2, 0.25) is 0 Å². The average molecular weight is 190 g/mol. The molecule has 0 aromatic heterocycles. The van der Waals surface area contributed by atoms with E-state index in [2.05, 4.69) is 11.2 Å². The fraction of sp³-hybridized carbons (Fsp3) is 0.300. The Kier molecular flexibility index (Phi) is 3.19. The Morgan fingerprint density at radius 3 is 2.79 bits per heavy atom. The second-order valence-electron chi connectivity index (χ2n) is 2.87. The third kappa shape index (κ3) is 1.88. The fourth-order valence-corrected chi connectivity index (χ4v) is 1.17. The molecular formula is C10H10N2O2. The Morgan fingerprint density at radius 1 is 1.57 bits per heavy atom. The van der Waals surface area contributed by atoms with Crippen LogP contribution < -0.4 is 4.74 Å². The van der Waals surface area contributed by atoms with Gasteiger partial charge in [0.15, 0.2) is 0 Å². The van der Waals surface area contributed by atoms with Gasteiger partial charge < -0.3 is 4.74 Å². The molecule has 0 heterocycles. The van der Waals surface area contributed by atoms with Crippen molar-refractivity contribution in [2.75, 3.05) is 7.11 Å². The van der Waals surface area contributed by atoms with E-state index in [0.29, 0.717) is 11.3 Å². The van der Waals surface area contributed by atoms with Gasteiger partial charge >= 0.3 is 0 Å². The summed E-state index contributed by atoms with van der Waals surface area (Å²) in [6.45, 7) is 1.72. The first-order valence-corrected chi connectivity index (χ1v) is 4.13. The molecule has 0 saturated carbocycles. The number of nitroso groups, excluding NO2 is 1. The van der Waals surface area contributed by atoms with Gasteiger partial charge in [0.25, 0.3) is 0 Å². The normalized spacial score (nSPS) is 11.5. The van der Waals surface area contributed by atoms with Crippen LogP contribution in [0.3, 0.4) is 0 Å². The van der Waals surface area contributed by atoms with Crippen molar-refractivity contribution in [2.24, 2.45) is 5.18 Å². The van der Waals surface area contributed by atoms with Crippen LogP contribution in [-0.2, 0) is 0 Å². The van der Waals surface area contributed by atoms with Gasteiger partial charge in [-0.1, -0.05) is 6.07 Å². The third-order valence-corrected chi connectivity index (χ3v) is 2.00. The Bertz CT molecular complexity index is 382. The lowest BCUT2D eigenvalue weighted by atomic mass is 10.0. The highest BCUT2D eigenvalue weighted by molar-refractivity contribution is 5.53. The van der Waals surface area contributed by atoms with E-state index in [0.717, 1.165) is 0 Å². The molecule has 0 aliphatic heterocycles. The highest BCUT2D eigenvalue weighted by atomic mass is 16.5. The van der Waals surface area contributed by atoms with Crippen LogP contribution in [0.4, 0.5) is 5.69 Å². The van der Waals surface area contributed by atoms with E-state index in [1.807, 2.05) is 0 Å². The molecule has 14 heavy (non-hydrogen) atoms. The minimum absolute atomic E-state index is 0.262. The summed E-state index contributed by atoms with van der Waals surface area (Å²) in [4.78, 5) is 10.5. The molecule has 0 N–H and O–H groups in total. The van der Waals surface area contributed by atoms with E-state index in [1.165, 1.54) is 13.2 Å². The number of rotatable bonds is 3. The number of nitrogens with zero attached hydrogens (tertiary/aromatic N) is 2. The molecule has 1 rings (SSSR count). The van der Waals surface area contributed by atoms with Crippen LogP contribution in [0.2, 0.25) is 0 Å². The van der Waals surface area contributed by atoms with E-state index >= 15 is 0 Å². The summed E-state index contributed by atoms with van der Waals surface area (Å²) in [6.07, 6.45) is 0. The van der Waals surface area contributed by atoms with Gasteiger partial charge in [-0.05, 0) is 23.7 Å². The van der Waals surface area contributed by atoms with Crippen LogP contribution in [-0.4, -0.2) is 7.11 Å². The predicted octanol–water partition coefficient (Wildman–Crippen LogP) is 2.72. The minimum atomic E-state index is -0.339. The molecule has 1 atom stereocenters. The fourth-order valence-electron chi connectivity index (χ4n) is 1.17. The molecule has 0 spiro atoms. The van der Waals surface area contributed by atoms with Crippen LogP contribution in [0, 0.1) is 16.2 Å². The lowest BCUT2D eigenvalue weighted by Gasteiger charge is -2.06. The zero-order valence-electron chi connectivity index (χ0n) is 8.02. The van der Waals surface area contributed by atoms with Crippen molar-refractivity contribution < 1.29 is 4.74 Å². The molecule has 0 bridgehead atoms. The lowest BCUT2D eigenvalue weighted by molar-refractivity contribution is 0.415. The van der Waals surface area contributed by atoms with E-state index < -0.39 is 0 Å². The number of benzene rings is 1. The van der Waals surface area contributed by atoms with Crippen molar-refractivity contribution in [3.63, 3.8) is 0 Å². The molecule has 0 radical (unpaired) electrons. The number of hydrogen-bond acceptors (Lipinski definition) is 4. The van der Waals surface area contributed by atoms with Gasteiger partial charge in [0.1, 0.15) is 11.4 Å². The molecule has 1 aromatic rings. The van der Waals surface area contributed by atoms with Crippen molar-refractivity contribution in [2.45, 2.75) is 12.8 Å². The van der Waals surface area contributed by atoms with E-state index in [4.69, 9.17) is 10.00 Å². The second-order valence-corrected chi connectivity index (χ2v) is 2.87. The molecule has 72 valence electrons. The number of nitriles is 1. The molecule has 4 heteroatoms. The first-order valence-electron chi connectivity index (χ1n) is 4.13. The van der Waals surface area contributed by atoms with Gasteiger partial charge in [-0.15, -0.1) is 4.91 Å². The summed E-state index contributed by atoms with van der Waals surface area (Å²) < 4.78 is 4.94. The SMILES string of the molecule is COc1ccc(C(C)C#N)c(N=O)c1. The highest BCUT2D eigenvalue weighted by Crippen LogP contribution is 2.30. The standard InChI is InChI=1S/C10H10N2O2/c1-7(6-11)9-4-3-8(14-2)5-10(9)12-13/h3-5,7H,1-2H3. The minimum Gasteiger partial charge on any atom is -0.497 e. The Balaban J connectivity index is 3.19. The van der Waals surface area contributed by atoms with E-state index in [9.17, 15) is 4.91 Å². The summed E-state index contributed by atoms with van der Waals surface area (Å²) in [5.41, 5.74) is 0.890. The van der Waals surface area contributed by atoms with Crippen LogP contribution in [0.1, 0.15) is 18.4 Å². The summed E-state index contributed by atoms with van der Waals surface area (Å²) in [7, 11) is 1.51. The predicted molar refractivity (Wildman–Crippen MR) is 52.5 cm³/mol. The monoisotopic (exact) mass is 190 g/mol. The maximum atomic E-state index is 10.5. The summed E-state index contributed by atoms with van der Waals surface area (Å²) in [5.74, 6) is 0.224. The number of hydrogen-bond donors (Lipinski definition) is 0. The molecule has 4 nitrogen and oxygen atoms in total. The van der Waals surface area contributed by atoms with Gasteiger partial charge in [-0.25, -0.2) is 0 Å². The largest absolute Gasteiger partial charge is 0.497 e. The maximum absolute atomic E-state index is 10.5. The molecule has 0 amide bonds. The van der Waals surface area contributed by atoms with Crippen LogP contribution >= 0.6 is 0 Å². The first kappa shape index (κ1) is 10.2. The summed E-state index contributed by atoms with van der Waals surface area (Å²) in [6, 6.07) is 6.97. The average Bonchev–Trinajstić information content (AvgIpc) is 2.27. The summed E-state index contributed by atoms with van der Waals surface area (Å²) >= 11 is 0. The van der Waals surface area contributed by atoms with E-state index in [-0.39, 0.29) is 11.6 Å². The maximum Gasteiger partial charge on any atom is 0.121 e. The number of methoxy groups -OCH3 is 1. The van der Waals surface area contributed by atoms with Crippen LogP contribution in [0.15, 0.2) is 23.4 Å². The zero-order valence-corrected chi connectivity index (χ0v) is 8.02. The van der Waals surface area contributed by atoms with E-state index in [1.54, 1.807) is 19.1 Å². The molecular weight excluding hydrogens is 180 g/mol. The summed E-state index contributed by atoms with van der Waals surface area (Å²) in [5, 5.41) is 11.6. The molecule has 0 aliphatic rings. The number of ether oxygens (including phenoxy) is 1. The second kappa shape index (κ2) is 4.38. The molecule has 0 saturated heterocycles. The molecule has 0 aliphatic carbocycles. The third-order valence-electron chi connectivity index (χ3n) is 2.00. The van der Waals surface area contributed by atoms with Crippen molar-refractivity contribution in [3.05, 3.63) is 28.7 Å². The van der Waals surface area contributed by atoms with Crippen molar-refractivity contribution in [3.8, 4) is 11.8 Å². The molecule has 0 fully saturated rings. The molecule has 1 aromatic carbocycles. The Labute approximate surface area is 82.1 Å². The Hall–Kier alpha value is -1.89. The van der Waals surface area contributed by atoms with Crippen LogP contribution in [0.25, 0.3) is 0 Å². The smallest absolute Gasteiger partial charge is 0.121 e. The lowest BCUT2D eigenvalue weighted by Crippen LogP contribution is -1.91. The van der Waals surface area contributed by atoms with Crippen molar-refractivity contribution >= 4 is 5.69 Å². The Morgan fingerprint density at radius 2 is 2.29 bits per heavy atom. The first-order chi connectivity index (χ1) is 6.72. The van der Waals surface area contributed by atoms with Gasteiger partial charge in [-0.3, -0.25) is 0 Å². The van der Waals surface area contributed by atoms with Gasteiger partial charge in [0.05, 0.1) is 19.1 Å². The highest BCUT2D eigenvalue weighted by Gasteiger charge is 2.11. The quantitative estimate of drug-likeness (QED) is 0.688. The van der Waals surface area contributed by atoms with Gasteiger partial charge in [-0.2, -0.15) is 5.26 Å². The van der Waals surface area contributed by atoms with Crippen LogP contribution in [0.5, 0.6) is 5.75 Å². The molecule has 1 unspecified atom stereocenters. The zero-order chi connectivity index (χ0) is 10.6.